The highest BCUT2D eigenvalue weighted by atomic mass is 32.1. The maximum atomic E-state index is 2.54. The van der Waals surface area contributed by atoms with Crippen LogP contribution in [0.4, 0.5) is 0 Å². The van der Waals surface area contributed by atoms with Gasteiger partial charge in [-0.15, -0.1) is 11.3 Å². The fourth-order valence-electron chi connectivity index (χ4n) is 5.57. The average Bonchev–Trinajstić information content (AvgIpc) is 3.45. The van der Waals surface area contributed by atoms with E-state index in [0.717, 1.165) is 19.4 Å². The molecule has 0 amide bonds. The molecule has 0 fully saturated rings. The molecule has 0 unspecified atom stereocenters. The fourth-order valence-corrected chi connectivity index (χ4v) is 6.88. The smallest absolute Gasteiger partial charge is 0.225 e. The van der Waals surface area contributed by atoms with Crippen molar-refractivity contribution < 1.29 is 4.57 Å². The van der Waals surface area contributed by atoms with Crippen LogP contribution >= 0.6 is 11.3 Å². The molecular weight excluding hydrogens is 420 g/mol. The third-order valence-electron chi connectivity index (χ3n) is 6.78. The van der Waals surface area contributed by atoms with Crippen molar-refractivity contribution in [2.24, 2.45) is 11.8 Å². The van der Waals surface area contributed by atoms with Crippen molar-refractivity contribution in [2.45, 2.75) is 47.1 Å². The van der Waals surface area contributed by atoms with Gasteiger partial charge in [-0.25, -0.2) is 4.57 Å². The van der Waals surface area contributed by atoms with E-state index in [1.807, 2.05) is 11.3 Å². The van der Waals surface area contributed by atoms with Crippen LogP contribution in [0.5, 0.6) is 0 Å². The third kappa shape index (κ3) is 3.33. The van der Waals surface area contributed by atoms with Crippen LogP contribution in [0.25, 0.3) is 37.2 Å². The molecule has 33 heavy (non-hydrogen) atoms. The van der Waals surface area contributed by atoms with Crippen LogP contribution < -0.4 is 4.57 Å². The van der Waals surface area contributed by atoms with E-state index in [1.54, 1.807) is 0 Å². The molecule has 5 aromatic rings. The maximum Gasteiger partial charge on any atom is 0.294 e. The molecule has 0 saturated carbocycles. The maximum absolute atomic E-state index is 2.54. The summed E-state index contributed by atoms with van der Waals surface area (Å²) in [4.78, 5) is 0. The Morgan fingerprint density at radius 2 is 1.64 bits per heavy atom. The molecule has 6 rings (SSSR count). The summed E-state index contributed by atoms with van der Waals surface area (Å²) in [7, 11) is 0. The standard InChI is InChI=1S/C30H31N2S/c1-19(2)15-22-17-23(16-20(3)4)28(29-27(22)25-11-7-8-12-26(25)33-29)32-14-13-31-18-21-9-5-6-10-24(21)30(31)32/h5-14,17,19-20H,15-16,18H2,1-4H3/q+1. The molecular formula is C30H31N2S+. The number of aromatic nitrogens is 2. The predicted molar refractivity (Wildman–Crippen MR) is 140 cm³/mol. The van der Waals surface area contributed by atoms with Crippen LogP contribution in [-0.4, -0.2) is 4.57 Å². The van der Waals surface area contributed by atoms with E-state index in [0.29, 0.717) is 11.8 Å². The molecule has 0 spiro atoms. The van der Waals surface area contributed by atoms with Gasteiger partial charge < -0.3 is 0 Å². The van der Waals surface area contributed by atoms with Crippen molar-refractivity contribution in [3.05, 3.63) is 83.7 Å². The van der Waals surface area contributed by atoms with Gasteiger partial charge in [-0.2, -0.15) is 4.57 Å². The normalized spacial score (nSPS) is 12.9. The first-order valence-electron chi connectivity index (χ1n) is 12.2. The zero-order valence-corrected chi connectivity index (χ0v) is 20.7. The molecule has 3 heteroatoms. The quantitative estimate of drug-likeness (QED) is 0.239. The van der Waals surface area contributed by atoms with Gasteiger partial charge in [0, 0.05) is 26.6 Å². The molecule has 2 nitrogen and oxygen atoms in total. The van der Waals surface area contributed by atoms with Crippen molar-refractivity contribution in [2.75, 3.05) is 0 Å². The lowest BCUT2D eigenvalue weighted by molar-refractivity contribution is -0.671. The molecule has 0 bridgehead atoms. The predicted octanol–water partition coefficient (Wildman–Crippen LogP) is 7.56. The van der Waals surface area contributed by atoms with Gasteiger partial charge in [0.15, 0.2) is 5.69 Å². The largest absolute Gasteiger partial charge is 0.294 e. The first kappa shape index (κ1) is 20.7. The van der Waals surface area contributed by atoms with E-state index in [9.17, 15) is 0 Å². The summed E-state index contributed by atoms with van der Waals surface area (Å²) in [5.74, 6) is 2.54. The molecule has 3 heterocycles. The Kier molecular flexibility index (Phi) is 4.92. The van der Waals surface area contributed by atoms with Gasteiger partial charge in [-0.05, 0) is 42.4 Å². The summed E-state index contributed by atoms with van der Waals surface area (Å²) in [6.07, 6.45) is 6.75. The average molecular weight is 452 g/mol. The van der Waals surface area contributed by atoms with Crippen LogP contribution in [0.15, 0.2) is 67.0 Å². The SMILES string of the molecule is CC(C)Cc1cc(CC(C)C)c2c(sc3ccccc32)c1-n1cc[n+]2c1-c1ccccc1C2. The Morgan fingerprint density at radius 3 is 2.45 bits per heavy atom. The van der Waals surface area contributed by atoms with Crippen molar-refractivity contribution in [3.63, 3.8) is 0 Å². The molecule has 2 aromatic heterocycles. The Labute approximate surface area is 200 Å². The number of fused-ring (bicyclic) bond motifs is 6. The highest BCUT2D eigenvalue weighted by Crippen LogP contribution is 2.43. The molecule has 3 aromatic carbocycles. The third-order valence-corrected chi connectivity index (χ3v) is 7.95. The first-order chi connectivity index (χ1) is 16.0. The molecule has 0 atom stereocenters. The van der Waals surface area contributed by atoms with Gasteiger partial charge in [0.1, 0.15) is 18.9 Å². The Bertz CT molecular complexity index is 1500. The van der Waals surface area contributed by atoms with Gasteiger partial charge in [0.2, 0.25) is 0 Å². The topological polar surface area (TPSA) is 8.81 Å². The van der Waals surface area contributed by atoms with Crippen LogP contribution in [0.1, 0.15) is 44.4 Å². The van der Waals surface area contributed by atoms with Crippen LogP contribution in [0, 0.1) is 11.8 Å². The number of imidazole rings is 1. The lowest BCUT2D eigenvalue weighted by Crippen LogP contribution is -2.30. The summed E-state index contributed by atoms with van der Waals surface area (Å²) in [6, 6.07) is 20.4. The Morgan fingerprint density at radius 1 is 0.909 bits per heavy atom. The number of nitrogens with zero attached hydrogens (tertiary/aromatic N) is 2. The van der Waals surface area contributed by atoms with E-state index < -0.39 is 0 Å². The lowest BCUT2D eigenvalue weighted by atomic mass is 9.91. The summed E-state index contributed by atoms with van der Waals surface area (Å²) in [5.41, 5.74) is 7.14. The minimum atomic E-state index is 0.603. The number of benzene rings is 3. The van der Waals surface area contributed by atoms with Crippen LogP contribution in [0.2, 0.25) is 0 Å². The number of hydrogen-bond acceptors (Lipinski definition) is 1. The number of thiophene rings is 1. The second kappa shape index (κ2) is 7.85. The zero-order valence-electron chi connectivity index (χ0n) is 19.9. The van der Waals surface area contributed by atoms with Crippen molar-refractivity contribution >= 4 is 31.5 Å². The van der Waals surface area contributed by atoms with Gasteiger partial charge in [-0.1, -0.05) is 70.2 Å². The molecule has 166 valence electrons. The molecule has 0 saturated heterocycles. The second-order valence-electron chi connectivity index (χ2n) is 10.3. The van der Waals surface area contributed by atoms with E-state index in [-0.39, 0.29) is 0 Å². The van der Waals surface area contributed by atoms with Crippen LogP contribution in [0.3, 0.4) is 0 Å². The minimum absolute atomic E-state index is 0.603. The number of hydrogen-bond donors (Lipinski definition) is 0. The van der Waals surface area contributed by atoms with Crippen molar-refractivity contribution in [1.29, 1.82) is 0 Å². The summed E-state index contributed by atoms with van der Waals surface area (Å²) >= 11 is 1.97. The molecule has 1 aliphatic rings. The van der Waals surface area contributed by atoms with Gasteiger partial charge in [0.25, 0.3) is 5.82 Å². The summed E-state index contributed by atoms with van der Waals surface area (Å²) < 4.78 is 7.72. The molecule has 0 aliphatic carbocycles. The molecule has 1 aliphatic heterocycles. The van der Waals surface area contributed by atoms with Crippen molar-refractivity contribution in [3.8, 4) is 17.1 Å². The first-order valence-corrected chi connectivity index (χ1v) is 13.0. The summed E-state index contributed by atoms with van der Waals surface area (Å²) in [6.45, 7) is 10.3. The lowest BCUT2D eigenvalue weighted by Gasteiger charge is -2.16. The van der Waals surface area contributed by atoms with E-state index in [1.165, 1.54) is 53.9 Å². The minimum Gasteiger partial charge on any atom is -0.225 e. The molecule has 0 radical (unpaired) electrons. The monoisotopic (exact) mass is 451 g/mol. The second-order valence-corrected chi connectivity index (χ2v) is 11.4. The number of rotatable bonds is 5. The summed E-state index contributed by atoms with van der Waals surface area (Å²) in [5, 5.41) is 2.87. The Hall–Kier alpha value is -2.91. The van der Waals surface area contributed by atoms with E-state index in [2.05, 4.69) is 104 Å². The Balaban J connectivity index is 1.72. The van der Waals surface area contributed by atoms with E-state index in [4.69, 9.17) is 0 Å². The highest BCUT2D eigenvalue weighted by Gasteiger charge is 2.32. The molecule has 0 N–H and O–H groups in total. The highest BCUT2D eigenvalue weighted by molar-refractivity contribution is 7.26. The van der Waals surface area contributed by atoms with Gasteiger partial charge in [-0.3, -0.25) is 0 Å². The zero-order chi connectivity index (χ0) is 22.7. The van der Waals surface area contributed by atoms with E-state index >= 15 is 0 Å². The van der Waals surface area contributed by atoms with Crippen molar-refractivity contribution in [1.82, 2.24) is 4.57 Å². The van der Waals surface area contributed by atoms with Crippen LogP contribution in [-0.2, 0) is 19.4 Å². The fraction of sp³-hybridized carbons (Fsp3) is 0.300. The van der Waals surface area contributed by atoms with Gasteiger partial charge >= 0.3 is 0 Å². The van der Waals surface area contributed by atoms with Gasteiger partial charge in [0.05, 0.1) is 10.3 Å².